The van der Waals surface area contributed by atoms with Gasteiger partial charge in [-0.15, -0.1) is 0 Å². The predicted octanol–water partition coefficient (Wildman–Crippen LogP) is 4.13. The van der Waals surface area contributed by atoms with Gasteiger partial charge < -0.3 is 9.47 Å². The van der Waals surface area contributed by atoms with Crippen molar-refractivity contribution in [2.75, 3.05) is 13.2 Å². The normalized spacial score (nSPS) is 10.1. The summed E-state index contributed by atoms with van der Waals surface area (Å²) in [4.78, 5) is 12.0. The van der Waals surface area contributed by atoms with E-state index in [9.17, 15) is 4.79 Å². The fraction of sp³-hybridized carbons (Fsp3) is 0.278. The Kier molecular flexibility index (Phi) is 5.83. The summed E-state index contributed by atoms with van der Waals surface area (Å²) < 4.78 is 11.3. The second-order valence-corrected chi connectivity index (χ2v) is 4.68. The topological polar surface area (TPSA) is 35.5 Å². The Bertz CT molecular complexity index is 564. The van der Waals surface area contributed by atoms with Gasteiger partial charge in [-0.2, -0.15) is 0 Å². The van der Waals surface area contributed by atoms with Crippen LogP contribution in [0.4, 0.5) is 0 Å². The number of hydrogen-bond donors (Lipinski definition) is 0. The van der Waals surface area contributed by atoms with Crippen LogP contribution in [0.1, 0.15) is 30.1 Å². The lowest BCUT2D eigenvalue weighted by molar-refractivity contribution is 0.0961. The van der Waals surface area contributed by atoms with Gasteiger partial charge in [-0.25, -0.2) is 0 Å². The zero-order valence-corrected chi connectivity index (χ0v) is 12.2. The van der Waals surface area contributed by atoms with Gasteiger partial charge in [0.1, 0.15) is 0 Å². The highest BCUT2D eigenvalue weighted by Crippen LogP contribution is 2.26. The largest absolute Gasteiger partial charge is 0.490 e. The van der Waals surface area contributed by atoms with Crippen LogP contribution in [-0.2, 0) is 0 Å². The predicted molar refractivity (Wildman–Crippen MR) is 83.1 cm³/mol. The Morgan fingerprint density at radius 2 is 1.43 bits per heavy atom. The lowest BCUT2D eigenvalue weighted by Crippen LogP contribution is -2.07. The van der Waals surface area contributed by atoms with E-state index >= 15 is 0 Å². The standard InChI is InChI=1S/C18H20O3/c1-2-13-20-17-10-6-7-11-18(17)21-14-12-16(19)15-8-4-3-5-9-15/h3-11H,2,12-14H2,1H3. The van der Waals surface area contributed by atoms with Crippen LogP contribution in [0, 0.1) is 0 Å². The Morgan fingerprint density at radius 1 is 0.857 bits per heavy atom. The Labute approximate surface area is 125 Å². The van der Waals surface area contributed by atoms with E-state index in [4.69, 9.17) is 9.47 Å². The van der Waals surface area contributed by atoms with E-state index < -0.39 is 0 Å². The average molecular weight is 284 g/mol. The molecule has 0 aliphatic carbocycles. The molecule has 2 aromatic carbocycles. The monoisotopic (exact) mass is 284 g/mol. The molecule has 21 heavy (non-hydrogen) atoms. The van der Waals surface area contributed by atoms with E-state index in [1.54, 1.807) is 0 Å². The van der Waals surface area contributed by atoms with Crippen molar-refractivity contribution in [3.63, 3.8) is 0 Å². The molecule has 0 aromatic heterocycles. The highest BCUT2D eigenvalue weighted by Gasteiger charge is 2.07. The number of rotatable bonds is 8. The van der Waals surface area contributed by atoms with Gasteiger partial charge in [0.15, 0.2) is 17.3 Å². The third-order valence-electron chi connectivity index (χ3n) is 2.99. The van der Waals surface area contributed by atoms with Crippen molar-refractivity contribution in [1.29, 1.82) is 0 Å². The van der Waals surface area contributed by atoms with Gasteiger partial charge in [0.2, 0.25) is 0 Å². The summed E-state index contributed by atoms with van der Waals surface area (Å²) >= 11 is 0. The second kappa shape index (κ2) is 8.10. The number of Topliss-reactive ketones (excluding diaryl/α,β-unsaturated/α-hetero) is 1. The van der Waals surface area contributed by atoms with Crippen LogP contribution >= 0.6 is 0 Å². The molecular weight excluding hydrogens is 264 g/mol. The van der Waals surface area contributed by atoms with Crippen LogP contribution in [0.25, 0.3) is 0 Å². The molecule has 0 fully saturated rings. The zero-order valence-electron chi connectivity index (χ0n) is 12.2. The summed E-state index contributed by atoms with van der Waals surface area (Å²) in [6.07, 6.45) is 1.30. The van der Waals surface area contributed by atoms with Crippen LogP contribution in [0.15, 0.2) is 54.6 Å². The molecule has 0 heterocycles. The molecule has 3 nitrogen and oxygen atoms in total. The fourth-order valence-corrected chi connectivity index (χ4v) is 1.92. The molecule has 0 unspecified atom stereocenters. The Morgan fingerprint density at radius 3 is 2.05 bits per heavy atom. The first-order valence-electron chi connectivity index (χ1n) is 7.24. The minimum absolute atomic E-state index is 0.0857. The van der Waals surface area contributed by atoms with E-state index in [1.165, 1.54) is 0 Å². The van der Waals surface area contributed by atoms with Crippen LogP contribution in [0.3, 0.4) is 0 Å². The minimum atomic E-state index is 0.0857. The molecule has 0 spiro atoms. The van der Waals surface area contributed by atoms with Crippen molar-refractivity contribution in [2.24, 2.45) is 0 Å². The average Bonchev–Trinajstić information content (AvgIpc) is 2.54. The van der Waals surface area contributed by atoms with Crippen molar-refractivity contribution in [2.45, 2.75) is 19.8 Å². The van der Waals surface area contributed by atoms with Crippen molar-refractivity contribution in [3.05, 3.63) is 60.2 Å². The van der Waals surface area contributed by atoms with Crippen molar-refractivity contribution < 1.29 is 14.3 Å². The summed E-state index contributed by atoms with van der Waals surface area (Å²) in [6.45, 7) is 3.06. The minimum Gasteiger partial charge on any atom is -0.490 e. The molecule has 110 valence electrons. The van der Waals surface area contributed by atoms with Gasteiger partial charge in [0.05, 0.1) is 13.2 Å². The third kappa shape index (κ3) is 4.63. The molecule has 2 rings (SSSR count). The number of hydrogen-bond acceptors (Lipinski definition) is 3. The van der Waals surface area contributed by atoms with Crippen LogP contribution in [0.2, 0.25) is 0 Å². The Hall–Kier alpha value is -2.29. The number of benzene rings is 2. The van der Waals surface area contributed by atoms with E-state index in [2.05, 4.69) is 6.92 Å². The number of carbonyl (C=O) groups is 1. The summed E-state index contributed by atoms with van der Waals surface area (Å²) in [6, 6.07) is 16.8. The molecule has 3 heteroatoms. The van der Waals surface area contributed by atoms with Crippen molar-refractivity contribution in [3.8, 4) is 11.5 Å². The van der Waals surface area contributed by atoms with Gasteiger partial charge in [-0.3, -0.25) is 4.79 Å². The second-order valence-electron chi connectivity index (χ2n) is 4.68. The molecule has 0 radical (unpaired) electrons. The maximum absolute atomic E-state index is 12.0. The lowest BCUT2D eigenvalue weighted by atomic mass is 10.1. The van der Waals surface area contributed by atoms with Gasteiger partial charge in [-0.1, -0.05) is 49.4 Å². The summed E-state index contributed by atoms with van der Waals surface area (Å²) in [7, 11) is 0. The Balaban J connectivity index is 1.87. The maximum Gasteiger partial charge on any atom is 0.166 e. The van der Waals surface area contributed by atoms with E-state index in [-0.39, 0.29) is 5.78 Å². The molecule has 0 saturated heterocycles. The molecule has 0 bridgehead atoms. The number of carbonyl (C=O) groups excluding carboxylic acids is 1. The highest BCUT2D eigenvalue weighted by atomic mass is 16.5. The SMILES string of the molecule is CCCOc1ccccc1OCCC(=O)c1ccccc1. The van der Waals surface area contributed by atoms with Gasteiger partial charge in [0.25, 0.3) is 0 Å². The quantitative estimate of drug-likeness (QED) is 0.684. The summed E-state index contributed by atoms with van der Waals surface area (Å²) in [5.74, 6) is 1.50. The molecule has 0 atom stereocenters. The van der Waals surface area contributed by atoms with Crippen molar-refractivity contribution in [1.82, 2.24) is 0 Å². The van der Waals surface area contributed by atoms with E-state index in [0.29, 0.717) is 25.4 Å². The van der Waals surface area contributed by atoms with Crippen molar-refractivity contribution >= 4 is 5.78 Å². The number of ketones is 1. The lowest BCUT2D eigenvalue weighted by Gasteiger charge is -2.11. The summed E-state index contributed by atoms with van der Waals surface area (Å²) in [5.41, 5.74) is 0.719. The molecule has 2 aromatic rings. The summed E-state index contributed by atoms with van der Waals surface area (Å²) in [5, 5.41) is 0. The van der Waals surface area contributed by atoms with Gasteiger partial charge in [0, 0.05) is 12.0 Å². The first-order chi connectivity index (χ1) is 10.3. The number of ether oxygens (including phenoxy) is 2. The van der Waals surface area contributed by atoms with Crippen LogP contribution < -0.4 is 9.47 Å². The molecule has 0 N–H and O–H groups in total. The van der Waals surface area contributed by atoms with Gasteiger partial charge in [-0.05, 0) is 18.6 Å². The maximum atomic E-state index is 12.0. The fourth-order valence-electron chi connectivity index (χ4n) is 1.92. The van der Waals surface area contributed by atoms with Crippen LogP contribution in [-0.4, -0.2) is 19.0 Å². The molecule has 0 aliphatic rings. The van der Waals surface area contributed by atoms with E-state index in [1.807, 2.05) is 54.6 Å². The highest BCUT2D eigenvalue weighted by molar-refractivity contribution is 5.96. The zero-order chi connectivity index (χ0) is 14.9. The first kappa shape index (κ1) is 15.1. The van der Waals surface area contributed by atoms with Crippen LogP contribution in [0.5, 0.6) is 11.5 Å². The first-order valence-corrected chi connectivity index (χ1v) is 7.24. The molecular formula is C18H20O3. The molecule has 0 aliphatic heterocycles. The van der Waals surface area contributed by atoms with E-state index in [0.717, 1.165) is 17.7 Å². The number of para-hydroxylation sites is 2. The molecule has 0 saturated carbocycles. The smallest absolute Gasteiger partial charge is 0.166 e. The molecule has 0 amide bonds. The third-order valence-corrected chi connectivity index (χ3v) is 2.99. The van der Waals surface area contributed by atoms with Gasteiger partial charge >= 0.3 is 0 Å².